The number of carbonyl (C=O) groups is 2. The molecular formula is C18H25N3O2. The first-order chi connectivity index (χ1) is 11.2. The molecule has 5 heteroatoms. The van der Waals surface area contributed by atoms with Crippen molar-refractivity contribution >= 4 is 23.3 Å². The number of amides is 3. The molecule has 2 aliphatic carbocycles. The molecule has 3 amide bonds. The molecule has 0 radical (unpaired) electrons. The molecule has 2 aliphatic rings. The minimum atomic E-state index is -0.165. The molecular weight excluding hydrogens is 290 g/mol. The minimum absolute atomic E-state index is 0.0871. The van der Waals surface area contributed by atoms with Crippen molar-refractivity contribution in [2.75, 3.05) is 10.6 Å². The lowest BCUT2D eigenvalue weighted by Crippen LogP contribution is -2.30. The first-order valence-electron chi connectivity index (χ1n) is 8.66. The zero-order valence-corrected chi connectivity index (χ0v) is 13.4. The number of hydrogen-bond acceptors (Lipinski definition) is 2. The highest BCUT2D eigenvalue weighted by atomic mass is 16.2. The van der Waals surface area contributed by atoms with Crippen molar-refractivity contribution in [3.05, 3.63) is 24.3 Å². The summed E-state index contributed by atoms with van der Waals surface area (Å²) in [5.41, 5.74) is 1.51. The van der Waals surface area contributed by atoms with Crippen LogP contribution in [0.2, 0.25) is 0 Å². The summed E-state index contributed by atoms with van der Waals surface area (Å²) in [5.74, 6) is 0.625. The SMILES string of the molecule is O=C(CC1CCCCC1)Nc1ccc(NC(=O)NC2CC2)cc1. The summed E-state index contributed by atoms with van der Waals surface area (Å²) in [5, 5.41) is 8.62. The van der Waals surface area contributed by atoms with Gasteiger partial charge in [-0.05, 0) is 55.9 Å². The Morgan fingerprint density at radius 1 is 0.870 bits per heavy atom. The maximum atomic E-state index is 12.1. The normalized spacial score (nSPS) is 18.3. The van der Waals surface area contributed by atoms with Crippen molar-refractivity contribution in [2.45, 2.75) is 57.4 Å². The fourth-order valence-corrected chi connectivity index (χ4v) is 3.08. The van der Waals surface area contributed by atoms with Crippen molar-refractivity contribution in [3.8, 4) is 0 Å². The quantitative estimate of drug-likeness (QED) is 0.771. The number of hydrogen-bond donors (Lipinski definition) is 3. The van der Waals surface area contributed by atoms with Gasteiger partial charge in [-0.15, -0.1) is 0 Å². The summed E-state index contributed by atoms with van der Waals surface area (Å²) in [6.07, 6.45) is 8.91. The van der Waals surface area contributed by atoms with Gasteiger partial charge in [0.1, 0.15) is 0 Å². The van der Waals surface area contributed by atoms with Crippen LogP contribution >= 0.6 is 0 Å². The molecule has 3 N–H and O–H groups in total. The third kappa shape index (κ3) is 5.27. The maximum absolute atomic E-state index is 12.1. The number of carbonyl (C=O) groups excluding carboxylic acids is 2. The molecule has 0 aliphatic heterocycles. The van der Waals surface area contributed by atoms with E-state index < -0.39 is 0 Å². The van der Waals surface area contributed by atoms with Crippen LogP contribution < -0.4 is 16.0 Å². The van der Waals surface area contributed by atoms with Crippen LogP contribution in [0.4, 0.5) is 16.2 Å². The Morgan fingerprint density at radius 2 is 1.48 bits per heavy atom. The average molecular weight is 315 g/mol. The van der Waals surface area contributed by atoms with Gasteiger partial charge >= 0.3 is 6.03 Å². The van der Waals surface area contributed by atoms with E-state index in [0.717, 1.165) is 24.2 Å². The molecule has 1 aromatic carbocycles. The summed E-state index contributed by atoms with van der Waals surface area (Å²) in [6.45, 7) is 0. The van der Waals surface area contributed by atoms with E-state index in [-0.39, 0.29) is 11.9 Å². The van der Waals surface area contributed by atoms with Gasteiger partial charge in [0.05, 0.1) is 0 Å². The predicted molar refractivity (Wildman–Crippen MR) is 91.4 cm³/mol. The molecule has 0 bridgehead atoms. The largest absolute Gasteiger partial charge is 0.335 e. The molecule has 2 fully saturated rings. The summed E-state index contributed by atoms with van der Waals surface area (Å²) in [7, 11) is 0. The predicted octanol–water partition coefficient (Wildman–Crippen LogP) is 3.88. The van der Waals surface area contributed by atoms with Gasteiger partial charge < -0.3 is 16.0 Å². The van der Waals surface area contributed by atoms with E-state index in [1.807, 2.05) is 24.3 Å². The fraction of sp³-hybridized carbons (Fsp3) is 0.556. The summed E-state index contributed by atoms with van der Waals surface area (Å²) < 4.78 is 0. The molecule has 2 saturated carbocycles. The van der Waals surface area contributed by atoms with Gasteiger partial charge in [0.15, 0.2) is 0 Å². The number of urea groups is 1. The van der Waals surface area contributed by atoms with Crippen LogP contribution in [0, 0.1) is 5.92 Å². The molecule has 0 spiro atoms. The Balaban J connectivity index is 1.44. The molecule has 5 nitrogen and oxygen atoms in total. The van der Waals surface area contributed by atoms with Crippen molar-refractivity contribution in [3.63, 3.8) is 0 Å². The van der Waals surface area contributed by atoms with Crippen LogP contribution in [0.5, 0.6) is 0 Å². The van der Waals surface area contributed by atoms with Crippen LogP contribution in [0.15, 0.2) is 24.3 Å². The number of rotatable bonds is 5. The van der Waals surface area contributed by atoms with E-state index in [4.69, 9.17) is 0 Å². The monoisotopic (exact) mass is 315 g/mol. The molecule has 0 heterocycles. The van der Waals surface area contributed by atoms with E-state index >= 15 is 0 Å². The van der Waals surface area contributed by atoms with E-state index in [0.29, 0.717) is 18.4 Å². The molecule has 23 heavy (non-hydrogen) atoms. The Kier molecular flexibility index (Phi) is 5.16. The molecule has 0 atom stereocenters. The van der Waals surface area contributed by atoms with Gasteiger partial charge in [-0.2, -0.15) is 0 Å². The summed E-state index contributed by atoms with van der Waals surface area (Å²) in [6, 6.07) is 7.44. The van der Waals surface area contributed by atoms with Gasteiger partial charge in [0.2, 0.25) is 5.91 Å². The second-order valence-corrected chi connectivity index (χ2v) is 6.71. The Bertz CT molecular complexity index is 546. The highest BCUT2D eigenvalue weighted by Gasteiger charge is 2.23. The zero-order chi connectivity index (χ0) is 16.1. The van der Waals surface area contributed by atoms with Gasteiger partial charge in [-0.1, -0.05) is 19.3 Å². The van der Waals surface area contributed by atoms with Crippen molar-refractivity contribution in [2.24, 2.45) is 5.92 Å². The van der Waals surface area contributed by atoms with Crippen LogP contribution in [-0.2, 0) is 4.79 Å². The van der Waals surface area contributed by atoms with Gasteiger partial charge in [-0.25, -0.2) is 4.79 Å². The van der Waals surface area contributed by atoms with Gasteiger partial charge in [-0.3, -0.25) is 4.79 Å². The third-order valence-electron chi connectivity index (χ3n) is 4.54. The summed E-state index contributed by atoms with van der Waals surface area (Å²) >= 11 is 0. The standard InChI is InChI=1S/C18H25N3O2/c22-17(12-13-4-2-1-3-5-13)19-14-6-8-15(9-7-14)20-18(23)21-16-10-11-16/h6-9,13,16H,1-5,10-12H2,(H,19,22)(H2,20,21,23). The second-order valence-electron chi connectivity index (χ2n) is 6.71. The lowest BCUT2D eigenvalue weighted by atomic mass is 9.87. The van der Waals surface area contributed by atoms with Crippen LogP contribution in [0.3, 0.4) is 0 Å². The Hall–Kier alpha value is -2.04. The second kappa shape index (κ2) is 7.49. The molecule has 0 unspecified atom stereocenters. The van der Waals surface area contributed by atoms with E-state index in [1.165, 1.54) is 32.1 Å². The molecule has 0 aromatic heterocycles. The third-order valence-corrected chi connectivity index (χ3v) is 4.54. The molecule has 124 valence electrons. The lowest BCUT2D eigenvalue weighted by Gasteiger charge is -2.20. The minimum Gasteiger partial charge on any atom is -0.335 e. The van der Waals surface area contributed by atoms with Crippen molar-refractivity contribution in [1.29, 1.82) is 0 Å². The Labute approximate surface area is 137 Å². The van der Waals surface area contributed by atoms with E-state index in [2.05, 4.69) is 16.0 Å². The van der Waals surface area contributed by atoms with E-state index in [1.54, 1.807) is 0 Å². The highest BCUT2D eigenvalue weighted by Crippen LogP contribution is 2.26. The van der Waals surface area contributed by atoms with Gasteiger partial charge in [0.25, 0.3) is 0 Å². The van der Waals surface area contributed by atoms with E-state index in [9.17, 15) is 9.59 Å². The van der Waals surface area contributed by atoms with Crippen LogP contribution in [0.25, 0.3) is 0 Å². The highest BCUT2D eigenvalue weighted by molar-refractivity contribution is 5.92. The molecule has 3 rings (SSSR count). The smallest absolute Gasteiger partial charge is 0.319 e. The lowest BCUT2D eigenvalue weighted by molar-refractivity contribution is -0.117. The molecule has 0 saturated heterocycles. The zero-order valence-electron chi connectivity index (χ0n) is 13.4. The Morgan fingerprint density at radius 3 is 2.09 bits per heavy atom. The fourth-order valence-electron chi connectivity index (χ4n) is 3.08. The summed E-state index contributed by atoms with van der Waals surface area (Å²) in [4.78, 5) is 23.7. The number of nitrogens with one attached hydrogen (secondary N) is 3. The average Bonchev–Trinajstić information content (AvgIpc) is 3.34. The van der Waals surface area contributed by atoms with Crippen LogP contribution in [-0.4, -0.2) is 18.0 Å². The number of anilines is 2. The van der Waals surface area contributed by atoms with Gasteiger partial charge in [0, 0.05) is 23.8 Å². The first-order valence-corrected chi connectivity index (χ1v) is 8.66. The van der Waals surface area contributed by atoms with Crippen molar-refractivity contribution < 1.29 is 9.59 Å². The first kappa shape index (κ1) is 15.8. The number of benzene rings is 1. The van der Waals surface area contributed by atoms with Crippen LogP contribution in [0.1, 0.15) is 51.4 Å². The van der Waals surface area contributed by atoms with Crippen molar-refractivity contribution in [1.82, 2.24) is 5.32 Å². The topological polar surface area (TPSA) is 70.2 Å². The maximum Gasteiger partial charge on any atom is 0.319 e. The molecule has 1 aromatic rings.